The van der Waals surface area contributed by atoms with Gasteiger partial charge in [0.15, 0.2) is 0 Å². The van der Waals surface area contributed by atoms with Crippen molar-refractivity contribution < 1.29 is 14.3 Å². The summed E-state index contributed by atoms with van der Waals surface area (Å²) in [6, 6.07) is 24.8. The topological polar surface area (TPSA) is 79.5 Å². The fourth-order valence-electron chi connectivity index (χ4n) is 4.07. The number of carbonyl (C=O) groups is 2. The number of aryl methyl sites for hydroxylation is 1. The molecule has 1 fully saturated rings. The number of carbonyl (C=O) groups excluding carboxylic acids is 2. The van der Waals surface area contributed by atoms with Crippen LogP contribution in [-0.4, -0.2) is 24.1 Å². The van der Waals surface area contributed by atoms with Crippen LogP contribution in [0.3, 0.4) is 0 Å². The zero-order valence-corrected chi connectivity index (χ0v) is 19.4. The summed E-state index contributed by atoms with van der Waals surface area (Å²) in [5, 5.41) is 8.88. The number of benzene rings is 3. The Kier molecular flexibility index (Phi) is 7.81. The van der Waals surface area contributed by atoms with Crippen LogP contribution in [0.15, 0.2) is 78.9 Å². The molecule has 0 aliphatic heterocycles. The zero-order valence-electron chi connectivity index (χ0n) is 19.4. The number of nitrogens with one attached hydrogen (secondary N) is 3. The molecule has 176 valence electrons. The highest BCUT2D eigenvalue weighted by atomic mass is 16.5. The Hall–Kier alpha value is -3.80. The van der Waals surface area contributed by atoms with Crippen LogP contribution in [0, 0.1) is 6.92 Å². The molecule has 0 atom stereocenters. The van der Waals surface area contributed by atoms with Crippen molar-refractivity contribution in [3.8, 4) is 5.75 Å². The Balaban J connectivity index is 1.18. The molecular formula is C28H31N3O3. The first-order chi connectivity index (χ1) is 16.5. The molecule has 0 saturated heterocycles. The molecule has 3 aromatic carbocycles. The van der Waals surface area contributed by atoms with E-state index < -0.39 is 0 Å². The van der Waals surface area contributed by atoms with Crippen molar-refractivity contribution in [2.45, 2.75) is 51.3 Å². The largest absolute Gasteiger partial charge is 0.490 e. The third-order valence-corrected chi connectivity index (χ3v) is 6.03. The molecule has 0 heterocycles. The van der Waals surface area contributed by atoms with Gasteiger partial charge in [0, 0.05) is 23.8 Å². The number of anilines is 1. The monoisotopic (exact) mass is 457 g/mol. The van der Waals surface area contributed by atoms with Gasteiger partial charge in [-0.15, -0.1) is 0 Å². The van der Waals surface area contributed by atoms with Crippen LogP contribution in [-0.2, 0) is 6.54 Å². The minimum atomic E-state index is -0.172. The van der Waals surface area contributed by atoms with Crippen molar-refractivity contribution in [1.82, 2.24) is 10.6 Å². The second kappa shape index (κ2) is 11.4. The molecule has 34 heavy (non-hydrogen) atoms. The smallest absolute Gasteiger partial charge is 0.319 e. The lowest BCUT2D eigenvalue weighted by molar-refractivity contribution is 0.0950. The predicted octanol–water partition coefficient (Wildman–Crippen LogP) is 5.44. The fourth-order valence-corrected chi connectivity index (χ4v) is 4.07. The first-order valence-electron chi connectivity index (χ1n) is 11.8. The molecule has 1 saturated carbocycles. The fraction of sp³-hybridized carbons (Fsp3) is 0.286. The van der Waals surface area contributed by atoms with Gasteiger partial charge in [0.05, 0.1) is 6.10 Å². The Bertz CT molecular complexity index is 1070. The molecule has 1 aliphatic rings. The predicted molar refractivity (Wildman–Crippen MR) is 134 cm³/mol. The van der Waals surface area contributed by atoms with Gasteiger partial charge in [0.25, 0.3) is 5.91 Å². The Morgan fingerprint density at radius 1 is 0.853 bits per heavy atom. The van der Waals surface area contributed by atoms with Crippen LogP contribution in [0.1, 0.15) is 47.2 Å². The van der Waals surface area contributed by atoms with Gasteiger partial charge in [-0.05, 0) is 74.6 Å². The van der Waals surface area contributed by atoms with Crippen LogP contribution in [0.25, 0.3) is 0 Å². The first-order valence-corrected chi connectivity index (χ1v) is 11.8. The molecule has 3 amide bonds. The maximum Gasteiger partial charge on any atom is 0.319 e. The lowest BCUT2D eigenvalue weighted by atomic mass is 9.93. The van der Waals surface area contributed by atoms with Gasteiger partial charge < -0.3 is 20.7 Å². The van der Waals surface area contributed by atoms with Crippen molar-refractivity contribution in [2.24, 2.45) is 0 Å². The molecule has 1 aliphatic carbocycles. The average molecular weight is 458 g/mol. The molecule has 6 nitrogen and oxygen atoms in total. The highest BCUT2D eigenvalue weighted by Crippen LogP contribution is 2.24. The minimum absolute atomic E-state index is 0.106. The van der Waals surface area contributed by atoms with E-state index in [2.05, 4.69) is 16.0 Å². The standard InChI is InChI=1S/C28H31N3O3/c1-20-7-11-23(12-8-20)30-28(33)31-24-13-17-26(18-14-24)34-25-15-9-22(10-16-25)27(32)29-19-21-5-3-2-4-6-21/h2-12,15-16,24,26H,13-14,17-19H2,1H3,(H,29,32)(H2,30,31,33). The number of rotatable bonds is 7. The van der Waals surface area contributed by atoms with Crippen LogP contribution in [0.2, 0.25) is 0 Å². The average Bonchev–Trinajstić information content (AvgIpc) is 2.86. The van der Waals surface area contributed by atoms with E-state index in [0.717, 1.165) is 48.2 Å². The van der Waals surface area contributed by atoms with E-state index in [1.165, 1.54) is 0 Å². The third kappa shape index (κ3) is 6.85. The summed E-state index contributed by atoms with van der Waals surface area (Å²) < 4.78 is 6.12. The van der Waals surface area contributed by atoms with E-state index in [1.807, 2.05) is 73.7 Å². The molecule has 3 N–H and O–H groups in total. The van der Waals surface area contributed by atoms with Crippen LogP contribution < -0.4 is 20.7 Å². The maximum absolute atomic E-state index is 12.4. The van der Waals surface area contributed by atoms with E-state index in [4.69, 9.17) is 4.74 Å². The maximum atomic E-state index is 12.4. The molecule has 0 radical (unpaired) electrons. The van der Waals surface area contributed by atoms with E-state index in [-0.39, 0.29) is 24.1 Å². The Labute approximate surface area is 200 Å². The molecular weight excluding hydrogens is 426 g/mol. The summed E-state index contributed by atoms with van der Waals surface area (Å²) in [6.45, 7) is 2.51. The van der Waals surface area contributed by atoms with Gasteiger partial charge in [0.2, 0.25) is 0 Å². The number of hydrogen-bond donors (Lipinski definition) is 3. The quantitative estimate of drug-likeness (QED) is 0.442. The minimum Gasteiger partial charge on any atom is -0.490 e. The normalized spacial score (nSPS) is 17.4. The summed E-state index contributed by atoms with van der Waals surface area (Å²) in [4.78, 5) is 24.6. The number of hydrogen-bond acceptors (Lipinski definition) is 3. The van der Waals surface area contributed by atoms with Crippen molar-refractivity contribution in [2.75, 3.05) is 5.32 Å². The lowest BCUT2D eigenvalue weighted by Crippen LogP contribution is -2.41. The molecule has 6 heteroatoms. The second-order valence-corrected chi connectivity index (χ2v) is 8.75. The van der Waals surface area contributed by atoms with Crippen molar-refractivity contribution in [3.05, 3.63) is 95.6 Å². The van der Waals surface area contributed by atoms with Gasteiger partial charge in [-0.2, -0.15) is 0 Å². The van der Waals surface area contributed by atoms with Crippen LogP contribution >= 0.6 is 0 Å². The van der Waals surface area contributed by atoms with E-state index in [1.54, 1.807) is 12.1 Å². The Morgan fingerprint density at radius 2 is 1.53 bits per heavy atom. The molecule has 0 spiro atoms. The molecule has 0 unspecified atom stereocenters. The number of urea groups is 1. The van der Waals surface area contributed by atoms with Gasteiger partial charge >= 0.3 is 6.03 Å². The third-order valence-electron chi connectivity index (χ3n) is 6.03. The summed E-state index contributed by atoms with van der Waals surface area (Å²) in [6.07, 6.45) is 3.58. The van der Waals surface area contributed by atoms with Gasteiger partial charge in [0.1, 0.15) is 5.75 Å². The van der Waals surface area contributed by atoms with Crippen LogP contribution in [0.5, 0.6) is 5.75 Å². The molecule has 4 rings (SSSR count). The van der Waals surface area contributed by atoms with Gasteiger partial charge in [-0.25, -0.2) is 4.79 Å². The highest BCUT2D eigenvalue weighted by molar-refractivity contribution is 5.94. The number of amides is 3. The van der Waals surface area contributed by atoms with Gasteiger partial charge in [-0.1, -0.05) is 48.0 Å². The highest BCUT2D eigenvalue weighted by Gasteiger charge is 2.23. The van der Waals surface area contributed by atoms with Crippen molar-refractivity contribution in [3.63, 3.8) is 0 Å². The summed E-state index contributed by atoms with van der Waals surface area (Å²) in [7, 11) is 0. The zero-order chi connectivity index (χ0) is 23.8. The summed E-state index contributed by atoms with van der Waals surface area (Å²) in [5.41, 5.74) is 3.62. The molecule has 0 aromatic heterocycles. The van der Waals surface area contributed by atoms with E-state index >= 15 is 0 Å². The molecule has 0 bridgehead atoms. The SMILES string of the molecule is Cc1ccc(NC(=O)NC2CCC(Oc3ccc(C(=O)NCc4ccccc4)cc3)CC2)cc1. The lowest BCUT2D eigenvalue weighted by Gasteiger charge is -2.29. The second-order valence-electron chi connectivity index (χ2n) is 8.75. The van der Waals surface area contributed by atoms with E-state index in [0.29, 0.717) is 12.1 Å². The number of ether oxygens (including phenoxy) is 1. The van der Waals surface area contributed by atoms with Crippen molar-refractivity contribution in [1.29, 1.82) is 0 Å². The van der Waals surface area contributed by atoms with Crippen LogP contribution in [0.4, 0.5) is 10.5 Å². The van der Waals surface area contributed by atoms with Crippen molar-refractivity contribution >= 4 is 17.6 Å². The summed E-state index contributed by atoms with van der Waals surface area (Å²) in [5.74, 6) is 0.652. The van der Waals surface area contributed by atoms with Gasteiger partial charge in [-0.3, -0.25) is 4.79 Å². The Morgan fingerprint density at radius 3 is 2.21 bits per heavy atom. The molecule has 3 aromatic rings. The summed E-state index contributed by atoms with van der Waals surface area (Å²) >= 11 is 0. The van der Waals surface area contributed by atoms with E-state index in [9.17, 15) is 9.59 Å². The first kappa shape index (κ1) is 23.4.